The summed E-state index contributed by atoms with van der Waals surface area (Å²) in [5, 5.41) is 8.56. The van der Waals surface area contributed by atoms with Crippen molar-refractivity contribution in [2.45, 2.75) is 44.9 Å². The van der Waals surface area contributed by atoms with Gasteiger partial charge in [-0.15, -0.1) is 11.8 Å². The van der Waals surface area contributed by atoms with Gasteiger partial charge in [-0.1, -0.05) is 0 Å². The normalized spacial score (nSPS) is 27.2. The first-order valence-corrected chi connectivity index (χ1v) is 6.66. The topological polar surface area (TPSA) is 40.5 Å². The highest BCUT2D eigenvalue weighted by molar-refractivity contribution is 7.99. The molecule has 1 heterocycles. The third-order valence-electron chi connectivity index (χ3n) is 2.76. The summed E-state index contributed by atoms with van der Waals surface area (Å²) in [6.07, 6.45) is -0.237. The third-order valence-corrected chi connectivity index (χ3v) is 3.83. The number of carbonyl (C=O) groups is 1. The van der Waals surface area contributed by atoms with Crippen molar-refractivity contribution < 1.29 is 14.3 Å². The SMILES string of the molecule is CC(C)(C)N1CC(F)CC1CSCC(=O)O. The smallest absolute Gasteiger partial charge is 0.313 e. The van der Waals surface area contributed by atoms with Gasteiger partial charge in [0.15, 0.2) is 0 Å². The molecule has 0 spiro atoms. The number of carboxylic acids is 1. The Bertz CT molecular complexity index is 255. The molecule has 0 aromatic rings. The number of likely N-dealkylation sites (tertiary alicyclic amines) is 1. The van der Waals surface area contributed by atoms with Gasteiger partial charge >= 0.3 is 5.97 Å². The van der Waals surface area contributed by atoms with Crippen LogP contribution in [0.1, 0.15) is 27.2 Å². The van der Waals surface area contributed by atoms with Crippen LogP contribution in [0.3, 0.4) is 0 Å². The van der Waals surface area contributed by atoms with E-state index in [1.807, 2.05) is 0 Å². The van der Waals surface area contributed by atoms with Crippen molar-refractivity contribution in [3.05, 3.63) is 0 Å². The minimum atomic E-state index is -0.804. The Kier molecular flexibility index (Phi) is 4.62. The van der Waals surface area contributed by atoms with E-state index in [-0.39, 0.29) is 17.3 Å². The van der Waals surface area contributed by atoms with E-state index in [1.165, 1.54) is 11.8 Å². The van der Waals surface area contributed by atoms with Crippen molar-refractivity contribution in [3.63, 3.8) is 0 Å². The van der Waals surface area contributed by atoms with Crippen LogP contribution in [0.2, 0.25) is 0 Å². The molecule has 0 radical (unpaired) electrons. The van der Waals surface area contributed by atoms with Crippen LogP contribution < -0.4 is 0 Å². The summed E-state index contributed by atoms with van der Waals surface area (Å²) >= 11 is 1.37. The Morgan fingerprint density at radius 2 is 2.19 bits per heavy atom. The minimum absolute atomic E-state index is 0.0463. The molecule has 1 aliphatic rings. The van der Waals surface area contributed by atoms with Gasteiger partial charge in [-0.05, 0) is 27.2 Å². The van der Waals surface area contributed by atoms with Crippen LogP contribution in [0.4, 0.5) is 4.39 Å². The van der Waals surface area contributed by atoms with Gasteiger partial charge in [-0.3, -0.25) is 9.69 Å². The maximum atomic E-state index is 13.4. The van der Waals surface area contributed by atoms with Crippen molar-refractivity contribution in [2.75, 3.05) is 18.1 Å². The highest BCUT2D eigenvalue weighted by Gasteiger charge is 2.37. The molecule has 5 heteroatoms. The van der Waals surface area contributed by atoms with E-state index in [0.29, 0.717) is 18.7 Å². The molecule has 1 aliphatic heterocycles. The average Bonchev–Trinajstić information content (AvgIpc) is 2.45. The fourth-order valence-corrected chi connectivity index (χ4v) is 3.00. The predicted molar refractivity (Wildman–Crippen MR) is 64.7 cm³/mol. The molecule has 1 N–H and O–H groups in total. The lowest BCUT2D eigenvalue weighted by Crippen LogP contribution is -2.45. The van der Waals surface area contributed by atoms with Crippen LogP contribution >= 0.6 is 11.8 Å². The molecule has 1 fully saturated rings. The number of thioether (sulfide) groups is 1. The Morgan fingerprint density at radius 1 is 1.56 bits per heavy atom. The van der Waals surface area contributed by atoms with Crippen molar-refractivity contribution in [3.8, 4) is 0 Å². The van der Waals surface area contributed by atoms with E-state index < -0.39 is 12.1 Å². The number of hydrogen-bond acceptors (Lipinski definition) is 3. The number of hydrogen-bond donors (Lipinski definition) is 1. The lowest BCUT2D eigenvalue weighted by molar-refractivity contribution is -0.133. The van der Waals surface area contributed by atoms with Crippen molar-refractivity contribution in [2.24, 2.45) is 0 Å². The monoisotopic (exact) mass is 249 g/mol. The predicted octanol–water partition coefficient (Wildman–Crippen LogP) is 2.02. The van der Waals surface area contributed by atoms with Crippen molar-refractivity contribution in [1.82, 2.24) is 4.90 Å². The van der Waals surface area contributed by atoms with Gasteiger partial charge in [0, 0.05) is 23.9 Å². The third kappa shape index (κ3) is 3.94. The fourth-order valence-electron chi connectivity index (χ4n) is 2.12. The van der Waals surface area contributed by atoms with Crippen molar-refractivity contribution in [1.29, 1.82) is 0 Å². The van der Waals surface area contributed by atoms with Crippen LogP contribution in [0, 0.1) is 0 Å². The van der Waals surface area contributed by atoms with Crippen molar-refractivity contribution >= 4 is 17.7 Å². The summed E-state index contributed by atoms with van der Waals surface area (Å²) in [6, 6.07) is 0.166. The fraction of sp³-hybridized carbons (Fsp3) is 0.909. The molecule has 0 aromatic heterocycles. The molecule has 16 heavy (non-hydrogen) atoms. The molecule has 94 valence electrons. The quantitative estimate of drug-likeness (QED) is 0.827. The highest BCUT2D eigenvalue weighted by atomic mass is 32.2. The first kappa shape index (κ1) is 13.8. The lowest BCUT2D eigenvalue weighted by atomic mass is 10.1. The molecule has 1 saturated heterocycles. The molecule has 0 aliphatic carbocycles. The van der Waals surface area contributed by atoms with E-state index in [9.17, 15) is 9.18 Å². The Morgan fingerprint density at radius 3 is 2.69 bits per heavy atom. The molecular weight excluding hydrogens is 229 g/mol. The standard InChI is InChI=1S/C11H20FNO2S/c1-11(2,3)13-5-8(12)4-9(13)6-16-7-10(14)15/h8-9H,4-7H2,1-3H3,(H,14,15). The van der Waals surface area contributed by atoms with Crippen LogP contribution in [0.15, 0.2) is 0 Å². The van der Waals surface area contributed by atoms with Gasteiger partial charge in [0.1, 0.15) is 6.17 Å². The maximum Gasteiger partial charge on any atom is 0.313 e. The molecule has 0 bridgehead atoms. The lowest BCUT2D eigenvalue weighted by Gasteiger charge is -2.36. The van der Waals surface area contributed by atoms with Gasteiger partial charge in [0.2, 0.25) is 0 Å². The zero-order valence-corrected chi connectivity index (χ0v) is 10.9. The Balaban J connectivity index is 2.47. The number of carboxylic acid groups (broad SMARTS) is 1. The average molecular weight is 249 g/mol. The van der Waals surface area contributed by atoms with Gasteiger partial charge in [-0.2, -0.15) is 0 Å². The summed E-state index contributed by atoms with van der Waals surface area (Å²) in [5.41, 5.74) is -0.0463. The second-order valence-electron chi connectivity index (χ2n) is 5.22. The summed E-state index contributed by atoms with van der Waals surface area (Å²) in [7, 11) is 0. The van der Waals surface area contributed by atoms with Crippen LogP contribution in [0.25, 0.3) is 0 Å². The molecule has 0 saturated carbocycles. The molecule has 0 aromatic carbocycles. The number of halogens is 1. The van der Waals surface area contributed by atoms with Gasteiger partial charge in [-0.25, -0.2) is 4.39 Å². The summed E-state index contributed by atoms with van der Waals surface area (Å²) in [4.78, 5) is 12.6. The summed E-state index contributed by atoms with van der Waals surface area (Å²) in [5.74, 6) is -0.00259. The van der Waals surface area contributed by atoms with Crippen LogP contribution in [0.5, 0.6) is 0 Å². The minimum Gasteiger partial charge on any atom is -0.481 e. The first-order valence-electron chi connectivity index (χ1n) is 5.51. The second kappa shape index (κ2) is 5.36. The molecule has 3 nitrogen and oxygen atoms in total. The highest BCUT2D eigenvalue weighted by Crippen LogP contribution is 2.30. The summed E-state index contributed by atoms with van der Waals surface area (Å²) in [6.45, 7) is 6.68. The number of nitrogens with zero attached hydrogens (tertiary/aromatic N) is 1. The molecule has 2 unspecified atom stereocenters. The first-order chi connectivity index (χ1) is 7.30. The van der Waals surface area contributed by atoms with Gasteiger partial charge in [0.05, 0.1) is 5.75 Å². The van der Waals surface area contributed by atoms with Gasteiger partial charge in [0.25, 0.3) is 0 Å². The van der Waals surface area contributed by atoms with E-state index >= 15 is 0 Å². The van der Waals surface area contributed by atoms with Crippen LogP contribution in [-0.4, -0.2) is 51.8 Å². The van der Waals surface area contributed by atoms with Gasteiger partial charge < -0.3 is 5.11 Å². The van der Waals surface area contributed by atoms with E-state index in [2.05, 4.69) is 25.7 Å². The molecule has 1 rings (SSSR count). The van der Waals surface area contributed by atoms with E-state index in [4.69, 9.17) is 5.11 Å². The number of rotatable bonds is 4. The zero-order valence-electron chi connectivity index (χ0n) is 10.1. The zero-order chi connectivity index (χ0) is 12.3. The molecule has 2 atom stereocenters. The number of alkyl halides is 1. The molecule has 0 amide bonds. The largest absolute Gasteiger partial charge is 0.481 e. The van der Waals surface area contributed by atoms with E-state index in [1.54, 1.807) is 0 Å². The van der Waals surface area contributed by atoms with Crippen LogP contribution in [-0.2, 0) is 4.79 Å². The Hall–Kier alpha value is -0.290. The molecular formula is C11H20FNO2S. The maximum absolute atomic E-state index is 13.4. The Labute approximate surface area is 100 Å². The number of aliphatic carboxylic acids is 1. The second-order valence-corrected chi connectivity index (χ2v) is 6.25. The van der Waals surface area contributed by atoms with E-state index in [0.717, 1.165) is 0 Å². The summed E-state index contributed by atoms with van der Waals surface area (Å²) < 4.78 is 13.4.